The molecule has 7 heteroatoms. The smallest absolute Gasteiger partial charge is 0.306 e. The summed E-state index contributed by atoms with van der Waals surface area (Å²) in [5.74, 6) is 0.431. The minimum absolute atomic E-state index is 0.0273. The van der Waals surface area contributed by atoms with Crippen LogP contribution in [0, 0.1) is 0 Å². The van der Waals surface area contributed by atoms with Crippen molar-refractivity contribution in [3.63, 3.8) is 0 Å². The summed E-state index contributed by atoms with van der Waals surface area (Å²) in [6.45, 7) is 3.10. The topological polar surface area (TPSA) is 35.5 Å². The van der Waals surface area contributed by atoms with Gasteiger partial charge in [-0.15, -0.1) is 0 Å². The molecule has 14 heavy (non-hydrogen) atoms. The van der Waals surface area contributed by atoms with Crippen molar-refractivity contribution in [2.24, 2.45) is 0 Å². The number of hydrogen-bond acceptors (Lipinski definition) is 3. The monoisotopic (exact) mass is 232 g/mol. The SMILES string of the molecule is CCOP(=O)(/C=C/C(F)(F)F)OCC. The van der Waals surface area contributed by atoms with Gasteiger partial charge in [-0.2, -0.15) is 13.2 Å². The summed E-state index contributed by atoms with van der Waals surface area (Å²) in [5.41, 5.74) is 0. The Labute approximate surface area is 80.4 Å². The normalized spacial score (nSPS) is 13.8. The van der Waals surface area contributed by atoms with Crippen LogP contribution in [0.3, 0.4) is 0 Å². The van der Waals surface area contributed by atoms with Gasteiger partial charge in [0.15, 0.2) is 0 Å². The van der Waals surface area contributed by atoms with Crippen LogP contribution in [0.2, 0.25) is 0 Å². The standard InChI is InChI=1S/C7H12F3O3P/c1-3-12-14(11,13-4-2)6-5-7(8,9)10/h5-6H,3-4H2,1-2H3/b6-5+. The second kappa shape index (κ2) is 5.53. The summed E-state index contributed by atoms with van der Waals surface area (Å²) < 4.78 is 55.9. The molecule has 0 saturated heterocycles. The van der Waals surface area contributed by atoms with Crippen LogP contribution in [0.25, 0.3) is 0 Å². The van der Waals surface area contributed by atoms with Crippen LogP contribution >= 0.6 is 7.60 Å². The third-order valence-electron chi connectivity index (χ3n) is 1.06. The average Bonchev–Trinajstić information content (AvgIpc) is 2.01. The fourth-order valence-corrected chi connectivity index (χ4v) is 1.98. The third kappa shape index (κ3) is 6.18. The molecule has 0 heterocycles. The van der Waals surface area contributed by atoms with E-state index in [9.17, 15) is 17.7 Å². The Balaban J connectivity index is 4.52. The van der Waals surface area contributed by atoms with Gasteiger partial charge in [0.05, 0.1) is 13.2 Å². The highest BCUT2D eigenvalue weighted by Crippen LogP contribution is 2.50. The first-order chi connectivity index (χ1) is 6.33. The van der Waals surface area contributed by atoms with Crippen LogP contribution in [0.5, 0.6) is 0 Å². The van der Waals surface area contributed by atoms with Gasteiger partial charge < -0.3 is 9.05 Å². The molecule has 0 atom stereocenters. The lowest BCUT2D eigenvalue weighted by molar-refractivity contribution is -0.0798. The zero-order valence-electron chi connectivity index (χ0n) is 7.87. The molecule has 0 aromatic rings. The van der Waals surface area contributed by atoms with Crippen molar-refractivity contribution in [3.05, 3.63) is 11.9 Å². The molecule has 0 aliphatic rings. The van der Waals surface area contributed by atoms with Crippen LogP contribution in [-0.4, -0.2) is 19.4 Å². The van der Waals surface area contributed by atoms with Gasteiger partial charge in [0.1, 0.15) is 0 Å². The Morgan fingerprint density at radius 3 is 1.93 bits per heavy atom. The molecule has 0 aromatic carbocycles. The highest BCUT2D eigenvalue weighted by atomic mass is 31.2. The van der Waals surface area contributed by atoms with Crippen molar-refractivity contribution < 1.29 is 26.8 Å². The van der Waals surface area contributed by atoms with Gasteiger partial charge in [0.25, 0.3) is 0 Å². The predicted octanol–water partition coefficient (Wildman–Crippen LogP) is 3.33. The van der Waals surface area contributed by atoms with Gasteiger partial charge >= 0.3 is 13.8 Å². The molecule has 0 aliphatic carbocycles. The minimum Gasteiger partial charge on any atom is -0.306 e. The van der Waals surface area contributed by atoms with Crippen LogP contribution in [0.4, 0.5) is 13.2 Å². The van der Waals surface area contributed by atoms with Crippen LogP contribution in [0.15, 0.2) is 11.9 Å². The van der Waals surface area contributed by atoms with Gasteiger partial charge in [-0.3, -0.25) is 4.57 Å². The first-order valence-corrected chi connectivity index (χ1v) is 5.60. The molecule has 0 unspecified atom stereocenters. The zero-order chi connectivity index (χ0) is 11.2. The van der Waals surface area contributed by atoms with E-state index in [1.807, 2.05) is 0 Å². The Hall–Kier alpha value is -0.320. The van der Waals surface area contributed by atoms with Crippen LogP contribution in [-0.2, 0) is 13.6 Å². The largest absolute Gasteiger partial charge is 0.410 e. The summed E-state index contributed by atoms with van der Waals surface area (Å²) in [6, 6.07) is 0. The second-order valence-corrected chi connectivity index (χ2v) is 4.13. The summed E-state index contributed by atoms with van der Waals surface area (Å²) >= 11 is 0. The molecular formula is C7H12F3O3P. The molecular weight excluding hydrogens is 220 g/mol. The van der Waals surface area contributed by atoms with E-state index in [1.165, 1.54) is 13.8 Å². The fourth-order valence-electron chi connectivity index (χ4n) is 0.659. The van der Waals surface area contributed by atoms with E-state index in [0.29, 0.717) is 5.82 Å². The summed E-state index contributed by atoms with van der Waals surface area (Å²) in [5, 5.41) is 0. The first kappa shape index (κ1) is 13.7. The lowest BCUT2D eigenvalue weighted by atomic mass is 10.6. The first-order valence-electron chi connectivity index (χ1n) is 3.99. The Morgan fingerprint density at radius 2 is 1.64 bits per heavy atom. The maximum Gasteiger partial charge on any atom is 0.410 e. The van der Waals surface area contributed by atoms with E-state index in [4.69, 9.17) is 0 Å². The number of halogens is 3. The highest BCUT2D eigenvalue weighted by molar-refractivity contribution is 7.57. The molecule has 0 aliphatic heterocycles. The van der Waals surface area contributed by atoms with Gasteiger partial charge in [-0.05, 0) is 13.8 Å². The van der Waals surface area contributed by atoms with Gasteiger partial charge in [-0.25, -0.2) is 0 Å². The van der Waals surface area contributed by atoms with Crippen molar-refractivity contribution in [2.75, 3.05) is 13.2 Å². The fraction of sp³-hybridized carbons (Fsp3) is 0.714. The van der Waals surface area contributed by atoms with E-state index in [-0.39, 0.29) is 19.3 Å². The third-order valence-corrected chi connectivity index (χ3v) is 2.81. The quantitative estimate of drug-likeness (QED) is 0.682. The maximum absolute atomic E-state index is 11.7. The van der Waals surface area contributed by atoms with E-state index in [0.717, 1.165) is 0 Å². The molecule has 0 rings (SSSR count). The van der Waals surface area contributed by atoms with Crippen molar-refractivity contribution in [1.29, 1.82) is 0 Å². The number of allylic oxidation sites excluding steroid dienone is 1. The highest BCUT2D eigenvalue weighted by Gasteiger charge is 2.27. The van der Waals surface area contributed by atoms with Crippen molar-refractivity contribution in [2.45, 2.75) is 20.0 Å². The van der Waals surface area contributed by atoms with Gasteiger partial charge in [0.2, 0.25) is 0 Å². The maximum atomic E-state index is 11.7. The lowest BCUT2D eigenvalue weighted by Gasteiger charge is -2.12. The Morgan fingerprint density at radius 1 is 1.21 bits per heavy atom. The van der Waals surface area contributed by atoms with Gasteiger partial charge in [-0.1, -0.05) is 0 Å². The zero-order valence-corrected chi connectivity index (χ0v) is 8.77. The second-order valence-electron chi connectivity index (χ2n) is 2.23. The van der Waals surface area contributed by atoms with Gasteiger partial charge in [0, 0.05) is 11.9 Å². The van der Waals surface area contributed by atoms with Crippen molar-refractivity contribution in [3.8, 4) is 0 Å². The molecule has 0 N–H and O–H groups in total. The molecule has 3 nitrogen and oxygen atoms in total. The Kier molecular flexibility index (Phi) is 5.41. The average molecular weight is 232 g/mol. The molecule has 0 aromatic heterocycles. The van der Waals surface area contributed by atoms with Crippen molar-refractivity contribution in [1.82, 2.24) is 0 Å². The van der Waals surface area contributed by atoms with Crippen molar-refractivity contribution >= 4 is 7.60 Å². The summed E-state index contributed by atoms with van der Waals surface area (Å²) in [7, 11) is -3.72. The number of rotatable bonds is 5. The van der Waals surface area contributed by atoms with E-state index in [1.54, 1.807) is 0 Å². The summed E-state index contributed by atoms with van der Waals surface area (Å²) in [6.07, 6.45) is -4.65. The predicted molar refractivity (Wildman–Crippen MR) is 46.1 cm³/mol. The molecule has 0 bridgehead atoms. The van der Waals surface area contributed by atoms with E-state index < -0.39 is 13.8 Å². The molecule has 0 fully saturated rings. The molecule has 0 amide bonds. The van der Waals surface area contributed by atoms with Crippen LogP contribution < -0.4 is 0 Å². The number of alkyl halides is 3. The molecule has 84 valence electrons. The molecule has 0 radical (unpaired) electrons. The summed E-state index contributed by atoms with van der Waals surface area (Å²) in [4.78, 5) is 0. The van der Waals surface area contributed by atoms with E-state index >= 15 is 0 Å². The van der Waals surface area contributed by atoms with Crippen LogP contribution in [0.1, 0.15) is 13.8 Å². The van der Waals surface area contributed by atoms with E-state index in [2.05, 4.69) is 9.05 Å². The minimum atomic E-state index is -4.51. The molecule has 0 spiro atoms. The number of hydrogen-bond donors (Lipinski definition) is 0. The lowest BCUT2D eigenvalue weighted by Crippen LogP contribution is -2.01. The molecule has 0 saturated carbocycles. The Bertz CT molecular complexity index is 227.